The van der Waals surface area contributed by atoms with E-state index in [9.17, 15) is 0 Å². The van der Waals surface area contributed by atoms with E-state index >= 15 is 0 Å². The molecule has 1 saturated heterocycles. The molecule has 0 spiro atoms. The van der Waals surface area contributed by atoms with Crippen LogP contribution in [0.4, 0.5) is 0 Å². The number of nitrogens with one attached hydrogen (secondary N) is 1. The predicted molar refractivity (Wildman–Crippen MR) is 97.2 cm³/mol. The third kappa shape index (κ3) is 5.49. The zero-order valence-corrected chi connectivity index (χ0v) is 13.8. The molecule has 1 atom stereocenters. The quantitative estimate of drug-likeness (QED) is 0.835. The summed E-state index contributed by atoms with van der Waals surface area (Å²) in [7, 11) is 0. The van der Waals surface area contributed by atoms with Crippen LogP contribution in [0.15, 0.2) is 60.7 Å². The van der Waals surface area contributed by atoms with E-state index in [-0.39, 0.29) is 0 Å². The van der Waals surface area contributed by atoms with Gasteiger partial charge in [0.1, 0.15) is 0 Å². The molecule has 1 unspecified atom stereocenters. The number of rotatable bonds is 7. The van der Waals surface area contributed by atoms with Crippen LogP contribution in [0.2, 0.25) is 0 Å². The Bertz CT molecular complexity index is 547. The first-order valence-electron chi connectivity index (χ1n) is 8.78. The van der Waals surface area contributed by atoms with Crippen LogP contribution in [0.3, 0.4) is 0 Å². The van der Waals surface area contributed by atoms with Gasteiger partial charge in [0.2, 0.25) is 0 Å². The first-order chi connectivity index (χ1) is 11.4. The van der Waals surface area contributed by atoms with Gasteiger partial charge in [0.25, 0.3) is 0 Å². The Hall–Kier alpha value is -1.64. The highest BCUT2D eigenvalue weighted by atomic mass is 15.1. The number of hydrogen-bond acceptors (Lipinski definition) is 2. The Morgan fingerprint density at radius 3 is 2.39 bits per heavy atom. The lowest BCUT2D eigenvalue weighted by atomic mass is 10.0. The molecule has 23 heavy (non-hydrogen) atoms. The number of hydrogen-bond donors (Lipinski definition) is 1. The maximum Gasteiger partial charge on any atom is 0.0234 e. The van der Waals surface area contributed by atoms with Gasteiger partial charge >= 0.3 is 0 Å². The molecule has 3 rings (SSSR count). The van der Waals surface area contributed by atoms with Gasteiger partial charge in [-0.3, -0.25) is 4.90 Å². The van der Waals surface area contributed by atoms with Crippen LogP contribution in [-0.2, 0) is 6.54 Å². The summed E-state index contributed by atoms with van der Waals surface area (Å²) in [5, 5.41) is 3.68. The molecule has 0 aliphatic carbocycles. The third-order valence-electron chi connectivity index (χ3n) is 4.52. The van der Waals surface area contributed by atoms with Crippen LogP contribution in [0.1, 0.15) is 30.4 Å². The van der Waals surface area contributed by atoms with Crippen molar-refractivity contribution in [2.45, 2.75) is 31.8 Å². The minimum Gasteiger partial charge on any atom is -0.313 e. The minimum absolute atomic E-state index is 0.636. The van der Waals surface area contributed by atoms with Crippen LogP contribution >= 0.6 is 0 Å². The minimum atomic E-state index is 0.636. The molecule has 121 valence electrons. The molecule has 0 aromatic heterocycles. The van der Waals surface area contributed by atoms with E-state index in [0.29, 0.717) is 6.04 Å². The second kappa shape index (κ2) is 8.85. The topological polar surface area (TPSA) is 15.3 Å². The van der Waals surface area contributed by atoms with E-state index in [1.54, 1.807) is 0 Å². The van der Waals surface area contributed by atoms with Crippen molar-refractivity contribution in [1.29, 1.82) is 0 Å². The maximum atomic E-state index is 3.68. The van der Waals surface area contributed by atoms with Crippen molar-refractivity contribution in [3.8, 4) is 0 Å². The zero-order chi connectivity index (χ0) is 15.7. The predicted octanol–water partition coefficient (Wildman–Crippen LogP) is 3.88. The fourth-order valence-corrected chi connectivity index (χ4v) is 3.26. The van der Waals surface area contributed by atoms with E-state index in [1.165, 1.54) is 36.9 Å². The van der Waals surface area contributed by atoms with Crippen molar-refractivity contribution in [3.63, 3.8) is 0 Å². The van der Waals surface area contributed by atoms with Crippen molar-refractivity contribution in [3.05, 3.63) is 78.2 Å². The van der Waals surface area contributed by atoms with Crippen LogP contribution in [0, 0.1) is 6.42 Å². The summed E-state index contributed by atoms with van der Waals surface area (Å²) in [5.74, 6) is 0. The maximum absolute atomic E-state index is 3.68. The molecule has 2 aromatic carbocycles. The Labute approximate surface area is 140 Å². The first kappa shape index (κ1) is 16.2. The van der Waals surface area contributed by atoms with Gasteiger partial charge in [0.15, 0.2) is 0 Å². The Balaban J connectivity index is 1.60. The van der Waals surface area contributed by atoms with Crippen LogP contribution in [0.5, 0.6) is 0 Å². The highest BCUT2D eigenvalue weighted by molar-refractivity contribution is 5.23. The van der Waals surface area contributed by atoms with Gasteiger partial charge in [0.05, 0.1) is 0 Å². The summed E-state index contributed by atoms with van der Waals surface area (Å²) in [5.41, 5.74) is 2.70. The monoisotopic (exact) mass is 307 g/mol. The standard InChI is InChI=1S/C21H27N2/c1-3-9-19(10-4-1)14-16-23(17-20-11-5-2-6-12-20)18-21-13-7-8-15-22-21/h1-6,9-12,14,21-22H,7-8,13,15-18H2. The third-order valence-corrected chi connectivity index (χ3v) is 4.52. The van der Waals surface area contributed by atoms with Crippen LogP contribution < -0.4 is 5.32 Å². The molecule has 1 heterocycles. The molecular formula is C21H27N2. The molecule has 1 aliphatic rings. The molecule has 1 radical (unpaired) electrons. The van der Waals surface area contributed by atoms with Crippen molar-refractivity contribution in [2.24, 2.45) is 0 Å². The number of piperidine rings is 1. The lowest BCUT2D eigenvalue weighted by Gasteiger charge is -2.30. The molecule has 2 aromatic rings. The Morgan fingerprint density at radius 2 is 1.70 bits per heavy atom. The van der Waals surface area contributed by atoms with E-state index in [1.807, 2.05) is 0 Å². The molecule has 0 bridgehead atoms. The van der Waals surface area contributed by atoms with Gasteiger partial charge in [0, 0.05) is 32.1 Å². The molecule has 0 amide bonds. The van der Waals surface area contributed by atoms with Gasteiger partial charge in [-0.2, -0.15) is 0 Å². The van der Waals surface area contributed by atoms with Gasteiger partial charge in [-0.1, -0.05) is 67.1 Å². The SMILES string of the molecule is [CH](CN(Cc1ccccc1)CC1CCCCN1)c1ccccc1. The van der Waals surface area contributed by atoms with Gasteiger partial charge in [-0.05, 0) is 30.5 Å². The summed E-state index contributed by atoms with van der Waals surface area (Å²) in [6, 6.07) is 22.1. The van der Waals surface area contributed by atoms with Crippen LogP contribution in [0.25, 0.3) is 0 Å². The Morgan fingerprint density at radius 1 is 0.957 bits per heavy atom. The average Bonchev–Trinajstić information content (AvgIpc) is 2.62. The first-order valence-corrected chi connectivity index (χ1v) is 8.78. The molecule has 2 heteroatoms. The summed E-state index contributed by atoms with van der Waals surface area (Å²) in [6.07, 6.45) is 6.33. The summed E-state index contributed by atoms with van der Waals surface area (Å²) < 4.78 is 0. The smallest absolute Gasteiger partial charge is 0.0234 e. The van der Waals surface area contributed by atoms with E-state index in [4.69, 9.17) is 0 Å². The molecule has 0 saturated carbocycles. The number of nitrogens with zero attached hydrogens (tertiary/aromatic N) is 1. The lowest BCUT2D eigenvalue weighted by Crippen LogP contribution is -2.43. The van der Waals surface area contributed by atoms with Gasteiger partial charge < -0.3 is 5.32 Å². The molecule has 1 aliphatic heterocycles. The van der Waals surface area contributed by atoms with E-state index < -0.39 is 0 Å². The second-order valence-corrected chi connectivity index (χ2v) is 6.44. The summed E-state index contributed by atoms with van der Waals surface area (Å²) >= 11 is 0. The lowest BCUT2D eigenvalue weighted by molar-refractivity contribution is 0.231. The molecular weight excluding hydrogens is 280 g/mol. The highest BCUT2D eigenvalue weighted by Crippen LogP contribution is 2.13. The van der Waals surface area contributed by atoms with Gasteiger partial charge in [-0.25, -0.2) is 0 Å². The molecule has 1 fully saturated rings. The fourth-order valence-electron chi connectivity index (χ4n) is 3.26. The summed E-state index contributed by atoms with van der Waals surface area (Å²) in [4.78, 5) is 2.56. The number of benzene rings is 2. The van der Waals surface area contributed by atoms with Gasteiger partial charge in [-0.15, -0.1) is 0 Å². The Kier molecular flexibility index (Phi) is 6.25. The molecule has 1 N–H and O–H groups in total. The van der Waals surface area contributed by atoms with Crippen molar-refractivity contribution in [1.82, 2.24) is 10.2 Å². The van der Waals surface area contributed by atoms with Crippen molar-refractivity contribution < 1.29 is 0 Å². The normalized spacial score (nSPS) is 18.2. The largest absolute Gasteiger partial charge is 0.313 e. The second-order valence-electron chi connectivity index (χ2n) is 6.44. The van der Waals surface area contributed by atoms with Crippen molar-refractivity contribution >= 4 is 0 Å². The van der Waals surface area contributed by atoms with E-state index in [0.717, 1.165) is 19.6 Å². The van der Waals surface area contributed by atoms with Crippen molar-refractivity contribution in [2.75, 3.05) is 19.6 Å². The van der Waals surface area contributed by atoms with Crippen LogP contribution in [-0.4, -0.2) is 30.6 Å². The fraction of sp³-hybridized carbons (Fsp3) is 0.381. The summed E-state index contributed by atoms with van der Waals surface area (Å²) in [6.45, 7) is 4.31. The van der Waals surface area contributed by atoms with E-state index in [2.05, 4.69) is 77.3 Å². The molecule has 2 nitrogen and oxygen atoms in total. The average molecular weight is 307 g/mol. The highest BCUT2D eigenvalue weighted by Gasteiger charge is 2.17. The zero-order valence-electron chi connectivity index (χ0n) is 13.8.